The van der Waals surface area contributed by atoms with Crippen LogP contribution >= 0.6 is 0 Å². The van der Waals surface area contributed by atoms with Crippen LogP contribution in [0, 0.1) is 5.92 Å². The van der Waals surface area contributed by atoms with Gasteiger partial charge in [0.1, 0.15) is 12.1 Å². The minimum absolute atomic E-state index is 0.113. The van der Waals surface area contributed by atoms with Crippen molar-refractivity contribution in [3.63, 3.8) is 0 Å². The minimum atomic E-state index is -1.44. The van der Waals surface area contributed by atoms with Gasteiger partial charge in [0.15, 0.2) is 6.10 Å². The third-order valence-electron chi connectivity index (χ3n) is 5.10. The predicted molar refractivity (Wildman–Crippen MR) is 119 cm³/mol. The average molecular weight is 450 g/mol. The molecule has 9 heteroatoms. The molecular weight excluding hydrogens is 414 g/mol. The number of carbonyl (C=O) groups is 3. The van der Waals surface area contributed by atoms with Crippen LogP contribution in [0.5, 0.6) is 0 Å². The molecule has 0 bridgehead atoms. The predicted octanol–water partition coefficient (Wildman–Crippen LogP) is 1.14. The SMILES string of the molecule is CCNC(=O)C(O)[C@H](Cc1ccccc1)NC(=O)[C@H](CC(C)C)NC(=O)O[C@H]1CCOC1. The highest BCUT2D eigenvalue weighted by Gasteiger charge is 2.31. The van der Waals surface area contributed by atoms with E-state index < -0.39 is 36.1 Å². The first-order chi connectivity index (χ1) is 15.3. The molecule has 0 saturated carbocycles. The monoisotopic (exact) mass is 449 g/mol. The first kappa shape index (κ1) is 25.6. The Bertz CT molecular complexity index is 737. The number of likely N-dealkylation sites (N-methyl/N-ethyl adjacent to an activating group) is 1. The summed E-state index contributed by atoms with van der Waals surface area (Å²) in [5, 5.41) is 18.6. The Morgan fingerprint density at radius 2 is 1.88 bits per heavy atom. The molecule has 1 unspecified atom stereocenters. The molecule has 1 fully saturated rings. The van der Waals surface area contributed by atoms with Crippen LogP contribution in [0.1, 0.15) is 39.2 Å². The quantitative estimate of drug-likeness (QED) is 0.401. The van der Waals surface area contributed by atoms with Gasteiger partial charge in [-0.25, -0.2) is 4.79 Å². The lowest BCUT2D eigenvalue weighted by molar-refractivity contribution is -0.132. The van der Waals surface area contributed by atoms with E-state index in [0.29, 0.717) is 32.6 Å². The van der Waals surface area contributed by atoms with Crippen LogP contribution in [0.3, 0.4) is 0 Å². The maximum absolute atomic E-state index is 13.1. The number of hydrogen-bond acceptors (Lipinski definition) is 6. The first-order valence-corrected chi connectivity index (χ1v) is 11.1. The second kappa shape index (κ2) is 13.0. The molecule has 9 nitrogen and oxygen atoms in total. The van der Waals surface area contributed by atoms with Crippen molar-refractivity contribution in [1.29, 1.82) is 0 Å². The second-order valence-electron chi connectivity index (χ2n) is 8.36. The molecule has 1 aromatic rings. The summed E-state index contributed by atoms with van der Waals surface area (Å²) in [5.74, 6) is -0.938. The molecule has 1 aliphatic rings. The second-order valence-corrected chi connectivity index (χ2v) is 8.36. The fourth-order valence-electron chi connectivity index (χ4n) is 3.49. The Morgan fingerprint density at radius 1 is 1.16 bits per heavy atom. The Hall–Kier alpha value is -2.65. The Labute approximate surface area is 189 Å². The van der Waals surface area contributed by atoms with Crippen molar-refractivity contribution in [2.45, 2.75) is 64.3 Å². The zero-order valence-electron chi connectivity index (χ0n) is 19.0. The summed E-state index contributed by atoms with van der Waals surface area (Å²) in [6, 6.07) is 7.53. The molecule has 178 valence electrons. The van der Waals surface area contributed by atoms with E-state index in [9.17, 15) is 19.5 Å². The molecule has 0 spiro atoms. The van der Waals surface area contributed by atoms with Crippen molar-refractivity contribution < 1.29 is 29.0 Å². The average Bonchev–Trinajstić information content (AvgIpc) is 3.25. The maximum atomic E-state index is 13.1. The molecule has 1 heterocycles. The van der Waals surface area contributed by atoms with E-state index in [4.69, 9.17) is 9.47 Å². The summed E-state index contributed by atoms with van der Waals surface area (Å²) in [5.41, 5.74) is 0.857. The maximum Gasteiger partial charge on any atom is 0.408 e. The number of alkyl carbamates (subject to hydrolysis) is 1. The molecule has 4 atom stereocenters. The molecule has 1 aromatic carbocycles. The molecule has 0 aromatic heterocycles. The highest BCUT2D eigenvalue weighted by atomic mass is 16.6. The summed E-state index contributed by atoms with van der Waals surface area (Å²) in [6.07, 6.45) is -1.22. The van der Waals surface area contributed by atoms with E-state index in [1.807, 2.05) is 44.2 Å². The van der Waals surface area contributed by atoms with Gasteiger partial charge >= 0.3 is 6.09 Å². The van der Waals surface area contributed by atoms with Crippen LogP contribution in [-0.2, 0) is 25.5 Å². The number of carbonyl (C=O) groups excluding carboxylic acids is 3. The minimum Gasteiger partial charge on any atom is -0.444 e. The van der Waals surface area contributed by atoms with Crippen molar-refractivity contribution >= 4 is 17.9 Å². The molecule has 0 aliphatic carbocycles. The molecular formula is C23H35N3O6. The molecule has 3 amide bonds. The summed E-state index contributed by atoms with van der Waals surface area (Å²) < 4.78 is 10.5. The van der Waals surface area contributed by atoms with E-state index in [-0.39, 0.29) is 18.4 Å². The van der Waals surface area contributed by atoms with Crippen LogP contribution in [0.15, 0.2) is 30.3 Å². The van der Waals surface area contributed by atoms with Gasteiger partial charge in [0.05, 0.1) is 19.3 Å². The van der Waals surface area contributed by atoms with Gasteiger partial charge in [-0.3, -0.25) is 9.59 Å². The van der Waals surface area contributed by atoms with Crippen molar-refractivity contribution in [1.82, 2.24) is 16.0 Å². The van der Waals surface area contributed by atoms with Crippen LogP contribution in [-0.4, -0.2) is 67.1 Å². The van der Waals surface area contributed by atoms with Gasteiger partial charge < -0.3 is 30.5 Å². The zero-order chi connectivity index (χ0) is 23.5. The third-order valence-corrected chi connectivity index (χ3v) is 5.10. The highest BCUT2D eigenvalue weighted by molar-refractivity contribution is 5.87. The fourth-order valence-corrected chi connectivity index (χ4v) is 3.49. The van der Waals surface area contributed by atoms with Gasteiger partial charge in [0.25, 0.3) is 5.91 Å². The Morgan fingerprint density at radius 3 is 2.47 bits per heavy atom. The molecule has 1 saturated heterocycles. The van der Waals surface area contributed by atoms with Crippen molar-refractivity contribution in [3.8, 4) is 0 Å². The summed E-state index contributed by atoms with van der Waals surface area (Å²) >= 11 is 0. The van der Waals surface area contributed by atoms with Crippen molar-refractivity contribution in [2.24, 2.45) is 5.92 Å². The summed E-state index contributed by atoms with van der Waals surface area (Å²) in [4.78, 5) is 37.7. The molecule has 32 heavy (non-hydrogen) atoms. The lowest BCUT2D eigenvalue weighted by Gasteiger charge is -2.27. The van der Waals surface area contributed by atoms with E-state index >= 15 is 0 Å². The molecule has 4 N–H and O–H groups in total. The van der Waals surface area contributed by atoms with Gasteiger partial charge in [0.2, 0.25) is 5.91 Å². The standard InChI is InChI=1S/C23H35N3O6/c1-4-24-22(29)20(27)18(13-16-8-6-5-7-9-16)25-21(28)19(12-15(2)3)26-23(30)32-17-10-11-31-14-17/h5-9,15,17-20,27H,4,10-14H2,1-3H3,(H,24,29)(H,25,28)(H,26,30)/t17-,18-,19-,20?/m0/s1. The zero-order valence-corrected chi connectivity index (χ0v) is 19.0. The first-order valence-electron chi connectivity index (χ1n) is 11.1. The Kier molecular flexibility index (Phi) is 10.4. The number of aliphatic hydroxyl groups is 1. The van der Waals surface area contributed by atoms with Crippen LogP contribution in [0.2, 0.25) is 0 Å². The van der Waals surface area contributed by atoms with Crippen LogP contribution in [0.4, 0.5) is 4.79 Å². The van der Waals surface area contributed by atoms with E-state index in [0.717, 1.165) is 5.56 Å². The molecule has 0 radical (unpaired) electrons. The summed E-state index contributed by atoms with van der Waals surface area (Å²) in [6.45, 7) is 6.85. The van der Waals surface area contributed by atoms with Crippen LogP contribution < -0.4 is 16.0 Å². The number of rotatable bonds is 11. The lowest BCUT2D eigenvalue weighted by Crippen LogP contribution is -2.56. The third kappa shape index (κ3) is 8.47. The number of aliphatic hydroxyl groups excluding tert-OH is 1. The highest BCUT2D eigenvalue weighted by Crippen LogP contribution is 2.12. The number of hydrogen-bond donors (Lipinski definition) is 4. The van der Waals surface area contributed by atoms with Crippen molar-refractivity contribution in [2.75, 3.05) is 19.8 Å². The van der Waals surface area contributed by atoms with Gasteiger partial charge in [-0.15, -0.1) is 0 Å². The van der Waals surface area contributed by atoms with E-state index in [1.54, 1.807) is 6.92 Å². The van der Waals surface area contributed by atoms with Gasteiger partial charge in [-0.1, -0.05) is 44.2 Å². The smallest absolute Gasteiger partial charge is 0.408 e. The summed E-state index contributed by atoms with van der Waals surface area (Å²) in [7, 11) is 0. The number of benzene rings is 1. The van der Waals surface area contributed by atoms with Crippen LogP contribution in [0.25, 0.3) is 0 Å². The van der Waals surface area contributed by atoms with E-state index in [1.165, 1.54) is 0 Å². The number of amides is 3. The van der Waals surface area contributed by atoms with Crippen molar-refractivity contribution in [3.05, 3.63) is 35.9 Å². The van der Waals surface area contributed by atoms with Gasteiger partial charge in [0, 0.05) is 13.0 Å². The number of ether oxygens (including phenoxy) is 2. The Balaban J connectivity index is 2.10. The van der Waals surface area contributed by atoms with E-state index in [2.05, 4.69) is 16.0 Å². The lowest BCUT2D eigenvalue weighted by atomic mass is 9.98. The van der Waals surface area contributed by atoms with Gasteiger partial charge in [-0.2, -0.15) is 0 Å². The number of nitrogens with one attached hydrogen (secondary N) is 3. The molecule has 2 rings (SSSR count). The largest absolute Gasteiger partial charge is 0.444 e. The normalized spacial score (nSPS) is 18.5. The molecule has 1 aliphatic heterocycles. The fraction of sp³-hybridized carbons (Fsp3) is 0.609. The topological polar surface area (TPSA) is 126 Å². The van der Waals surface area contributed by atoms with Gasteiger partial charge in [-0.05, 0) is 31.2 Å².